The molecule has 0 fully saturated rings. The first kappa shape index (κ1) is 21.7. The summed E-state index contributed by atoms with van der Waals surface area (Å²) in [4.78, 5) is 32.9. The molecule has 0 spiro atoms. The van der Waals surface area contributed by atoms with Gasteiger partial charge in [0, 0.05) is 12.6 Å². The highest BCUT2D eigenvalue weighted by Crippen LogP contribution is 2.37. The summed E-state index contributed by atoms with van der Waals surface area (Å²) >= 11 is 0. The molecule has 3 heterocycles. The van der Waals surface area contributed by atoms with E-state index >= 15 is 0 Å². The topological polar surface area (TPSA) is 160 Å². The molecule has 0 atom stereocenters. The van der Waals surface area contributed by atoms with Gasteiger partial charge < -0.3 is 18.8 Å². The lowest BCUT2D eigenvalue weighted by Gasteiger charge is -2.22. The minimum Gasteiger partial charge on any atom is -0.467 e. The molecule has 0 radical (unpaired) electrons. The molecule has 3 aromatic heterocycles. The molecule has 13 heteroatoms. The van der Waals surface area contributed by atoms with Gasteiger partial charge in [-0.1, -0.05) is 0 Å². The fourth-order valence-corrected chi connectivity index (χ4v) is 3.07. The van der Waals surface area contributed by atoms with Crippen LogP contribution in [0.4, 0.5) is 11.5 Å². The molecular weight excluding hydrogens is 436 g/mol. The molecule has 4 aromatic rings. The molecule has 1 aromatic carbocycles. The summed E-state index contributed by atoms with van der Waals surface area (Å²) in [7, 11) is 0. The Hall–Kier alpha value is -4.55. The number of nitrogens with zero attached hydrogens (tertiary/aromatic N) is 6. The number of aromatic nitrogens is 4. The van der Waals surface area contributed by atoms with Gasteiger partial charge in [0.2, 0.25) is 5.82 Å². The predicted molar refractivity (Wildman–Crippen MR) is 112 cm³/mol. The van der Waals surface area contributed by atoms with E-state index in [-0.39, 0.29) is 43.6 Å². The van der Waals surface area contributed by atoms with Crippen LogP contribution in [-0.4, -0.2) is 44.3 Å². The quantitative estimate of drug-likeness (QED) is 0.196. The van der Waals surface area contributed by atoms with Crippen LogP contribution in [0.5, 0.6) is 11.6 Å². The number of carbonyl (C=O) groups excluding carboxylic acids is 1. The molecular formula is C20H18N6O7. The van der Waals surface area contributed by atoms with Crippen molar-refractivity contribution in [1.29, 1.82) is 0 Å². The number of ether oxygens (including phenoxy) is 2. The molecule has 33 heavy (non-hydrogen) atoms. The summed E-state index contributed by atoms with van der Waals surface area (Å²) in [6, 6.07) is 8.06. The van der Waals surface area contributed by atoms with E-state index in [1.165, 1.54) is 17.2 Å². The van der Waals surface area contributed by atoms with E-state index in [1.807, 2.05) is 0 Å². The zero-order valence-corrected chi connectivity index (χ0v) is 17.4. The van der Waals surface area contributed by atoms with Gasteiger partial charge >= 0.3 is 17.5 Å². The predicted octanol–water partition coefficient (Wildman–Crippen LogP) is 3.27. The Morgan fingerprint density at radius 3 is 2.82 bits per heavy atom. The molecule has 0 bridgehead atoms. The minimum absolute atomic E-state index is 0.0122. The summed E-state index contributed by atoms with van der Waals surface area (Å²) in [5, 5.41) is 19.4. The molecule has 0 unspecified atom stereocenters. The van der Waals surface area contributed by atoms with Gasteiger partial charge in [-0.2, -0.15) is 4.98 Å². The Kier molecular flexibility index (Phi) is 6.38. The van der Waals surface area contributed by atoms with E-state index in [0.29, 0.717) is 16.8 Å². The Balaban J connectivity index is 1.68. The smallest absolute Gasteiger partial charge is 0.373 e. The number of rotatable bonds is 10. The molecule has 0 saturated carbocycles. The fourth-order valence-electron chi connectivity index (χ4n) is 3.07. The third kappa shape index (κ3) is 5.03. The lowest BCUT2D eigenvalue weighted by Crippen LogP contribution is -2.28. The van der Waals surface area contributed by atoms with Gasteiger partial charge in [0.05, 0.1) is 30.8 Å². The maximum absolute atomic E-state index is 12.0. The van der Waals surface area contributed by atoms with Crippen molar-refractivity contribution in [3.05, 3.63) is 58.8 Å². The second kappa shape index (κ2) is 9.72. The highest BCUT2D eigenvalue weighted by atomic mass is 16.6. The number of benzene rings is 1. The van der Waals surface area contributed by atoms with E-state index in [0.717, 1.165) is 6.33 Å². The molecule has 0 aliphatic carbocycles. The number of nitro groups is 1. The fraction of sp³-hybridized carbons (Fsp3) is 0.250. The van der Waals surface area contributed by atoms with Crippen LogP contribution in [0.2, 0.25) is 0 Å². The lowest BCUT2D eigenvalue weighted by molar-refractivity contribution is -0.385. The van der Waals surface area contributed by atoms with Crippen molar-refractivity contribution in [1.82, 2.24) is 20.3 Å². The van der Waals surface area contributed by atoms with Crippen LogP contribution in [-0.2, 0) is 16.1 Å². The standard InChI is InChI=1S/C20H18N6O7/c1-2-30-17(27)7-8-25(11-14-4-3-9-31-14)19-18(26(28)29)20(22-12-21-19)32-13-5-6-15-16(10-13)24-33-23-15/h3-6,9-10,12H,2,7-8,11H2,1H3. The van der Waals surface area contributed by atoms with Crippen molar-refractivity contribution < 1.29 is 28.2 Å². The van der Waals surface area contributed by atoms with Crippen LogP contribution < -0.4 is 9.64 Å². The molecule has 170 valence electrons. The van der Waals surface area contributed by atoms with Crippen molar-refractivity contribution in [2.24, 2.45) is 0 Å². The second-order valence-electron chi connectivity index (χ2n) is 6.68. The van der Waals surface area contributed by atoms with Gasteiger partial charge in [-0.05, 0) is 41.5 Å². The number of furan rings is 1. The van der Waals surface area contributed by atoms with Gasteiger partial charge in [0.15, 0.2) is 0 Å². The Bertz CT molecular complexity index is 1260. The number of hydrogen-bond acceptors (Lipinski definition) is 12. The number of carbonyl (C=O) groups is 1. The van der Waals surface area contributed by atoms with Crippen LogP contribution in [0, 0.1) is 10.1 Å². The average Bonchev–Trinajstić information content (AvgIpc) is 3.48. The van der Waals surface area contributed by atoms with Crippen LogP contribution >= 0.6 is 0 Å². The SMILES string of the molecule is CCOC(=O)CCN(Cc1ccco1)c1ncnc(Oc2ccc3nonc3c2)c1[N+](=O)[O-]. The van der Waals surface area contributed by atoms with Gasteiger partial charge in [-0.3, -0.25) is 14.9 Å². The second-order valence-corrected chi connectivity index (χ2v) is 6.68. The maximum Gasteiger partial charge on any atom is 0.373 e. The number of esters is 1. The van der Waals surface area contributed by atoms with E-state index in [9.17, 15) is 14.9 Å². The van der Waals surface area contributed by atoms with Gasteiger partial charge in [0.25, 0.3) is 0 Å². The molecule has 0 N–H and O–H groups in total. The number of fused-ring (bicyclic) bond motifs is 1. The van der Waals surface area contributed by atoms with Crippen LogP contribution in [0.15, 0.2) is 52.0 Å². The lowest BCUT2D eigenvalue weighted by atomic mass is 10.3. The van der Waals surface area contributed by atoms with E-state index in [1.54, 1.807) is 31.2 Å². The Morgan fingerprint density at radius 1 is 1.21 bits per heavy atom. The average molecular weight is 454 g/mol. The van der Waals surface area contributed by atoms with Gasteiger partial charge in [0.1, 0.15) is 28.9 Å². The number of hydrogen-bond donors (Lipinski definition) is 0. The Labute approximate surface area is 186 Å². The van der Waals surface area contributed by atoms with Crippen molar-refractivity contribution in [2.45, 2.75) is 19.9 Å². The molecule has 13 nitrogen and oxygen atoms in total. The molecule has 0 aliphatic heterocycles. The summed E-state index contributed by atoms with van der Waals surface area (Å²) in [5.74, 6) is 0.0224. The first-order chi connectivity index (χ1) is 16.0. The van der Waals surface area contributed by atoms with Crippen LogP contribution in [0.25, 0.3) is 11.0 Å². The van der Waals surface area contributed by atoms with E-state index < -0.39 is 16.6 Å². The zero-order chi connectivity index (χ0) is 23.2. The summed E-state index contributed by atoms with van der Waals surface area (Å²) in [6.07, 6.45) is 2.62. The van der Waals surface area contributed by atoms with Crippen molar-refractivity contribution in [3.8, 4) is 11.6 Å². The van der Waals surface area contributed by atoms with E-state index in [4.69, 9.17) is 13.9 Å². The monoisotopic (exact) mass is 454 g/mol. The largest absolute Gasteiger partial charge is 0.467 e. The summed E-state index contributed by atoms with van der Waals surface area (Å²) in [6.45, 7) is 2.14. The highest BCUT2D eigenvalue weighted by Gasteiger charge is 2.30. The van der Waals surface area contributed by atoms with E-state index in [2.05, 4.69) is 24.9 Å². The van der Waals surface area contributed by atoms with Gasteiger partial charge in [-0.15, -0.1) is 0 Å². The van der Waals surface area contributed by atoms with Crippen LogP contribution in [0.1, 0.15) is 19.1 Å². The van der Waals surface area contributed by atoms with Crippen molar-refractivity contribution >= 4 is 28.5 Å². The number of anilines is 1. The highest BCUT2D eigenvalue weighted by molar-refractivity contribution is 5.75. The molecule has 0 saturated heterocycles. The zero-order valence-electron chi connectivity index (χ0n) is 17.4. The normalized spacial score (nSPS) is 10.8. The third-order valence-electron chi connectivity index (χ3n) is 4.51. The van der Waals surface area contributed by atoms with Crippen LogP contribution in [0.3, 0.4) is 0 Å². The maximum atomic E-state index is 12.0. The summed E-state index contributed by atoms with van der Waals surface area (Å²) in [5.41, 5.74) is 0.452. The van der Waals surface area contributed by atoms with Crippen molar-refractivity contribution in [2.75, 3.05) is 18.1 Å². The minimum atomic E-state index is -0.639. The molecule has 4 rings (SSSR count). The third-order valence-corrected chi connectivity index (χ3v) is 4.51. The van der Waals surface area contributed by atoms with Crippen molar-refractivity contribution in [3.63, 3.8) is 0 Å². The first-order valence-corrected chi connectivity index (χ1v) is 9.87. The molecule has 0 amide bonds. The molecule has 0 aliphatic rings. The Morgan fingerprint density at radius 2 is 2.06 bits per heavy atom. The first-order valence-electron chi connectivity index (χ1n) is 9.87. The summed E-state index contributed by atoms with van der Waals surface area (Å²) < 4.78 is 20.7. The van der Waals surface area contributed by atoms with Gasteiger partial charge in [-0.25, -0.2) is 9.61 Å².